The quantitative estimate of drug-likeness (QED) is 0.602. The Morgan fingerprint density at radius 1 is 0.926 bits per heavy atom. The van der Waals surface area contributed by atoms with Crippen molar-refractivity contribution >= 4 is 5.65 Å². The minimum absolute atomic E-state index is 0.290. The number of aromatic nitrogens is 7. The van der Waals surface area contributed by atoms with Crippen molar-refractivity contribution in [1.82, 2.24) is 34.6 Å². The maximum Gasteiger partial charge on any atom is 0.181 e. The third-order valence-electron chi connectivity index (χ3n) is 5.17. The molecule has 0 amide bonds. The molecule has 0 aliphatic heterocycles. The molecule has 0 atom stereocenters. The van der Waals surface area contributed by atoms with Gasteiger partial charge in [0, 0.05) is 17.5 Å². The molecule has 1 aliphatic carbocycles. The summed E-state index contributed by atoms with van der Waals surface area (Å²) in [4.78, 5) is 4.90. The van der Waals surface area contributed by atoms with Crippen LogP contribution in [0, 0.1) is 0 Å². The van der Waals surface area contributed by atoms with E-state index >= 15 is 0 Å². The van der Waals surface area contributed by atoms with Crippen molar-refractivity contribution in [3.8, 4) is 17.2 Å². The van der Waals surface area contributed by atoms with Gasteiger partial charge in [-0.15, -0.1) is 20.4 Å². The van der Waals surface area contributed by atoms with Gasteiger partial charge in [0.15, 0.2) is 17.3 Å². The zero-order valence-corrected chi connectivity index (χ0v) is 14.8. The Balaban J connectivity index is 1.62. The van der Waals surface area contributed by atoms with Crippen molar-refractivity contribution in [2.75, 3.05) is 0 Å². The third kappa shape index (κ3) is 2.97. The van der Waals surface area contributed by atoms with Gasteiger partial charge in [0.05, 0.1) is 0 Å². The van der Waals surface area contributed by atoms with E-state index in [1.54, 1.807) is 10.8 Å². The second-order valence-corrected chi connectivity index (χ2v) is 7.01. The molecule has 1 aliphatic rings. The minimum atomic E-state index is 0.290. The number of rotatable bonds is 3. The summed E-state index contributed by atoms with van der Waals surface area (Å²) in [5.41, 5.74) is 7.80. The van der Waals surface area contributed by atoms with Crippen molar-refractivity contribution in [2.24, 2.45) is 5.73 Å². The van der Waals surface area contributed by atoms with Gasteiger partial charge < -0.3 is 5.73 Å². The maximum absolute atomic E-state index is 6.10. The molecule has 1 fully saturated rings. The van der Waals surface area contributed by atoms with E-state index in [9.17, 15) is 0 Å². The summed E-state index contributed by atoms with van der Waals surface area (Å²) in [6.45, 7) is 0. The van der Waals surface area contributed by atoms with Crippen LogP contribution in [0.2, 0.25) is 0 Å². The first-order valence-electron chi connectivity index (χ1n) is 9.23. The lowest BCUT2D eigenvalue weighted by atomic mass is 9.86. The lowest BCUT2D eigenvalue weighted by molar-refractivity contribution is 0.380. The van der Waals surface area contributed by atoms with E-state index in [-0.39, 0.29) is 6.04 Å². The molecule has 27 heavy (non-hydrogen) atoms. The summed E-state index contributed by atoms with van der Waals surface area (Å²) < 4.78 is 3.52. The predicted octanol–water partition coefficient (Wildman–Crippen LogP) is 2.36. The van der Waals surface area contributed by atoms with E-state index in [1.807, 2.05) is 47.1 Å². The SMILES string of the molecule is NC1CCC(c2nc(-c3ccccc3)nn2-c2ccc3nncn3n2)CC1. The van der Waals surface area contributed by atoms with Crippen molar-refractivity contribution in [1.29, 1.82) is 0 Å². The average Bonchev–Trinajstić information content (AvgIpc) is 3.36. The fourth-order valence-electron chi connectivity index (χ4n) is 3.68. The molecule has 0 saturated heterocycles. The highest BCUT2D eigenvalue weighted by Gasteiger charge is 2.26. The topological polar surface area (TPSA) is 99.8 Å². The molecule has 8 heteroatoms. The van der Waals surface area contributed by atoms with Gasteiger partial charge >= 0.3 is 0 Å². The maximum atomic E-state index is 6.10. The molecule has 2 N–H and O–H groups in total. The first-order chi connectivity index (χ1) is 13.3. The Morgan fingerprint density at radius 3 is 2.56 bits per heavy atom. The second-order valence-electron chi connectivity index (χ2n) is 7.01. The monoisotopic (exact) mass is 360 g/mol. The molecule has 0 radical (unpaired) electrons. The van der Waals surface area contributed by atoms with Crippen LogP contribution >= 0.6 is 0 Å². The molecule has 3 heterocycles. The molecular weight excluding hydrogens is 340 g/mol. The van der Waals surface area contributed by atoms with Crippen molar-refractivity contribution in [3.63, 3.8) is 0 Å². The highest BCUT2D eigenvalue weighted by atomic mass is 15.4. The Bertz CT molecular complexity index is 1060. The van der Waals surface area contributed by atoms with Crippen LogP contribution in [0.4, 0.5) is 0 Å². The lowest BCUT2D eigenvalue weighted by Crippen LogP contribution is -2.27. The van der Waals surface area contributed by atoms with Gasteiger partial charge in [-0.1, -0.05) is 30.3 Å². The van der Waals surface area contributed by atoms with Crippen LogP contribution in [0.25, 0.3) is 22.9 Å². The van der Waals surface area contributed by atoms with E-state index in [2.05, 4.69) is 15.3 Å². The molecule has 0 unspecified atom stereocenters. The molecule has 4 aromatic rings. The van der Waals surface area contributed by atoms with Crippen LogP contribution in [0.5, 0.6) is 0 Å². The van der Waals surface area contributed by atoms with E-state index in [0.717, 1.165) is 37.1 Å². The smallest absolute Gasteiger partial charge is 0.181 e. The number of hydrogen-bond donors (Lipinski definition) is 1. The number of fused-ring (bicyclic) bond motifs is 1. The molecule has 136 valence electrons. The number of benzene rings is 1. The summed E-state index contributed by atoms with van der Waals surface area (Å²) in [6.07, 6.45) is 5.64. The molecule has 8 nitrogen and oxygen atoms in total. The number of hydrogen-bond acceptors (Lipinski definition) is 6. The van der Waals surface area contributed by atoms with Crippen LogP contribution in [-0.4, -0.2) is 40.6 Å². The van der Waals surface area contributed by atoms with Gasteiger partial charge in [-0.2, -0.15) is 9.20 Å². The number of nitrogens with two attached hydrogens (primary N) is 1. The average molecular weight is 360 g/mol. The summed E-state index contributed by atoms with van der Waals surface area (Å²) in [5.74, 6) is 2.70. The first-order valence-corrected chi connectivity index (χ1v) is 9.23. The highest BCUT2D eigenvalue weighted by molar-refractivity contribution is 5.54. The second kappa shape index (κ2) is 6.55. The first kappa shape index (κ1) is 16.1. The van der Waals surface area contributed by atoms with Crippen molar-refractivity contribution in [3.05, 3.63) is 54.6 Å². The highest BCUT2D eigenvalue weighted by Crippen LogP contribution is 2.33. The molecule has 0 bridgehead atoms. The Labute approximate surface area is 156 Å². The van der Waals surface area contributed by atoms with Gasteiger partial charge in [0.25, 0.3) is 0 Å². The van der Waals surface area contributed by atoms with Crippen molar-refractivity contribution in [2.45, 2.75) is 37.6 Å². The van der Waals surface area contributed by atoms with Gasteiger partial charge in [0.1, 0.15) is 12.2 Å². The normalized spacial score (nSPS) is 20.2. The molecule has 3 aromatic heterocycles. The van der Waals surface area contributed by atoms with Crippen LogP contribution in [-0.2, 0) is 0 Å². The Hall–Kier alpha value is -3.13. The predicted molar refractivity (Wildman–Crippen MR) is 100 cm³/mol. The number of nitrogens with zero attached hydrogens (tertiary/aromatic N) is 7. The zero-order valence-electron chi connectivity index (χ0n) is 14.8. The summed E-state index contributed by atoms with van der Waals surface area (Å²) >= 11 is 0. The van der Waals surface area contributed by atoms with Crippen LogP contribution < -0.4 is 5.73 Å². The van der Waals surface area contributed by atoms with E-state index in [1.165, 1.54) is 0 Å². The minimum Gasteiger partial charge on any atom is -0.328 e. The summed E-state index contributed by atoms with van der Waals surface area (Å²) in [6, 6.07) is 14.1. The third-order valence-corrected chi connectivity index (χ3v) is 5.17. The van der Waals surface area contributed by atoms with Crippen LogP contribution in [0.1, 0.15) is 37.4 Å². The van der Waals surface area contributed by atoms with Gasteiger partial charge in [-0.3, -0.25) is 0 Å². The Kier molecular flexibility index (Phi) is 3.90. The Morgan fingerprint density at radius 2 is 1.74 bits per heavy atom. The molecule has 5 rings (SSSR count). The molecule has 1 aromatic carbocycles. The zero-order chi connectivity index (χ0) is 18.2. The largest absolute Gasteiger partial charge is 0.328 e. The molecule has 1 saturated carbocycles. The lowest BCUT2D eigenvalue weighted by Gasteiger charge is -2.25. The van der Waals surface area contributed by atoms with Crippen molar-refractivity contribution < 1.29 is 0 Å². The molecular formula is C19H20N8. The van der Waals surface area contributed by atoms with Gasteiger partial charge in [-0.25, -0.2) is 4.98 Å². The van der Waals surface area contributed by atoms with Gasteiger partial charge in [-0.05, 0) is 37.8 Å². The summed E-state index contributed by atoms with van der Waals surface area (Å²) in [5, 5.41) is 17.3. The van der Waals surface area contributed by atoms with Crippen LogP contribution in [0.15, 0.2) is 48.8 Å². The molecule has 0 spiro atoms. The van der Waals surface area contributed by atoms with E-state index in [0.29, 0.717) is 23.2 Å². The van der Waals surface area contributed by atoms with E-state index in [4.69, 9.17) is 15.8 Å². The van der Waals surface area contributed by atoms with Gasteiger partial charge in [0.2, 0.25) is 0 Å². The summed E-state index contributed by atoms with van der Waals surface area (Å²) in [7, 11) is 0. The standard InChI is InChI=1S/C19H20N8/c20-15-8-6-14(7-9-15)19-22-18(13-4-2-1-3-5-13)25-27(19)17-11-10-16-23-21-12-26(16)24-17/h1-5,10-12,14-15H,6-9,20H2. The van der Waals surface area contributed by atoms with Crippen LogP contribution in [0.3, 0.4) is 0 Å². The fraction of sp³-hybridized carbons (Fsp3) is 0.316. The fourth-order valence-corrected chi connectivity index (χ4v) is 3.68. The van der Waals surface area contributed by atoms with E-state index < -0.39 is 0 Å².